The van der Waals surface area contributed by atoms with Crippen LogP contribution in [0.5, 0.6) is 5.75 Å². The molecule has 10 nitrogen and oxygen atoms in total. The minimum atomic E-state index is -0.388. The van der Waals surface area contributed by atoms with Gasteiger partial charge in [-0.1, -0.05) is 25.9 Å². The van der Waals surface area contributed by atoms with Crippen LogP contribution in [0.1, 0.15) is 33.0 Å². The molecule has 39 heavy (non-hydrogen) atoms. The van der Waals surface area contributed by atoms with E-state index in [1.54, 1.807) is 12.4 Å². The summed E-state index contributed by atoms with van der Waals surface area (Å²) in [6.07, 6.45) is 2.81. The predicted octanol–water partition coefficient (Wildman–Crippen LogP) is 4.97. The number of imidazole rings is 1. The van der Waals surface area contributed by atoms with Crippen LogP contribution in [0, 0.1) is 0 Å². The Kier molecular flexibility index (Phi) is 7.85. The lowest BCUT2D eigenvalue weighted by Crippen LogP contribution is -2.44. The summed E-state index contributed by atoms with van der Waals surface area (Å²) in [6, 6.07) is 14.9. The van der Waals surface area contributed by atoms with Crippen molar-refractivity contribution in [3.63, 3.8) is 0 Å². The van der Waals surface area contributed by atoms with E-state index >= 15 is 0 Å². The number of nitrogens with zero attached hydrogens (tertiary/aromatic N) is 5. The number of piperazine rings is 1. The summed E-state index contributed by atoms with van der Waals surface area (Å²) in [5.74, 6) is 1.91. The number of anilines is 2. The maximum Gasteiger partial charge on any atom is 0.324 e. The Bertz CT molecular complexity index is 1400. The quantitative estimate of drug-likeness (QED) is 0.310. The molecule has 0 bridgehead atoms. The van der Waals surface area contributed by atoms with Crippen LogP contribution in [0.4, 0.5) is 16.3 Å². The van der Waals surface area contributed by atoms with Gasteiger partial charge in [0.2, 0.25) is 0 Å². The highest BCUT2D eigenvalue weighted by atomic mass is 16.5. The molecule has 0 radical (unpaired) electrons. The molecule has 0 aliphatic carbocycles. The molecular formula is C29H37N7O3. The molecular weight excluding hydrogens is 494 g/mol. The van der Waals surface area contributed by atoms with Gasteiger partial charge in [0, 0.05) is 61.6 Å². The van der Waals surface area contributed by atoms with E-state index < -0.39 is 0 Å². The standard InChI is InChI=1S/C29H37N7O3/c1-29(2,3)26-19-27(33-39-26)32-28(37)31-21-6-8-22(9-7-21)36-20-30-24-18-23(10-11-25(24)36)38-17-5-12-35-15-13-34(4)14-16-35/h6-11,18-20H,5,12-17H2,1-4H3,(H2,31,32,33,37). The van der Waals surface area contributed by atoms with Gasteiger partial charge in [0.05, 0.1) is 17.6 Å². The molecule has 2 N–H and O–H groups in total. The Labute approximate surface area is 228 Å². The Hall–Kier alpha value is -3.89. The largest absolute Gasteiger partial charge is 0.493 e. The number of carbonyl (C=O) groups excluding carboxylic acids is 1. The molecule has 0 atom stereocenters. The summed E-state index contributed by atoms with van der Waals surface area (Å²) in [5.41, 5.74) is 3.27. The molecule has 1 aliphatic rings. The van der Waals surface area contributed by atoms with E-state index in [1.165, 1.54) is 0 Å². The SMILES string of the molecule is CN1CCN(CCCOc2ccc3c(c2)ncn3-c2ccc(NC(=O)Nc3cc(C(C)(C)C)on3)cc2)CC1. The first-order chi connectivity index (χ1) is 18.7. The van der Waals surface area contributed by atoms with Gasteiger partial charge in [-0.15, -0.1) is 0 Å². The van der Waals surface area contributed by atoms with Crippen molar-refractivity contribution in [1.29, 1.82) is 0 Å². The normalized spacial score (nSPS) is 15.0. The van der Waals surface area contributed by atoms with Gasteiger partial charge in [-0.3, -0.25) is 9.88 Å². The number of carbonyl (C=O) groups is 1. The number of urea groups is 1. The average molecular weight is 532 g/mol. The topological polar surface area (TPSA) is 101 Å². The number of amides is 2. The highest BCUT2D eigenvalue weighted by Crippen LogP contribution is 2.25. The third-order valence-corrected chi connectivity index (χ3v) is 6.90. The van der Waals surface area contributed by atoms with Crippen molar-refractivity contribution < 1.29 is 14.1 Å². The zero-order valence-electron chi connectivity index (χ0n) is 23.1. The maximum atomic E-state index is 12.4. The molecule has 0 unspecified atom stereocenters. The smallest absolute Gasteiger partial charge is 0.324 e. The van der Waals surface area contributed by atoms with Crippen LogP contribution in [0.25, 0.3) is 16.7 Å². The minimum Gasteiger partial charge on any atom is -0.493 e. The van der Waals surface area contributed by atoms with E-state index in [2.05, 4.69) is 37.6 Å². The van der Waals surface area contributed by atoms with Gasteiger partial charge in [0.15, 0.2) is 5.82 Å². The van der Waals surface area contributed by atoms with Gasteiger partial charge < -0.3 is 24.4 Å². The molecule has 2 aromatic heterocycles. The third-order valence-electron chi connectivity index (χ3n) is 6.90. The molecule has 2 amide bonds. The van der Waals surface area contributed by atoms with Crippen LogP contribution in [0.3, 0.4) is 0 Å². The Morgan fingerprint density at radius 1 is 1.03 bits per heavy atom. The van der Waals surface area contributed by atoms with Crippen molar-refractivity contribution in [1.82, 2.24) is 24.5 Å². The van der Waals surface area contributed by atoms with Gasteiger partial charge in [0.25, 0.3) is 0 Å². The van der Waals surface area contributed by atoms with E-state index in [-0.39, 0.29) is 11.4 Å². The molecule has 0 saturated carbocycles. The van der Waals surface area contributed by atoms with Crippen molar-refractivity contribution in [3.05, 3.63) is 60.6 Å². The van der Waals surface area contributed by atoms with Crippen LogP contribution < -0.4 is 15.4 Å². The molecule has 4 aromatic rings. The fourth-order valence-electron chi connectivity index (χ4n) is 4.51. The van der Waals surface area contributed by atoms with E-state index in [1.807, 2.05) is 67.8 Å². The Morgan fingerprint density at radius 2 is 1.79 bits per heavy atom. The fraction of sp³-hybridized carbons (Fsp3) is 0.414. The van der Waals surface area contributed by atoms with Gasteiger partial charge >= 0.3 is 6.03 Å². The van der Waals surface area contributed by atoms with E-state index in [0.717, 1.165) is 61.6 Å². The third kappa shape index (κ3) is 6.76. The lowest BCUT2D eigenvalue weighted by Gasteiger charge is -2.32. The molecule has 5 rings (SSSR count). The monoisotopic (exact) mass is 531 g/mol. The molecule has 0 spiro atoms. The van der Waals surface area contributed by atoms with Crippen molar-refractivity contribution in [3.8, 4) is 11.4 Å². The number of benzene rings is 2. The van der Waals surface area contributed by atoms with E-state index in [0.29, 0.717) is 23.9 Å². The second-order valence-electron chi connectivity index (χ2n) is 11.1. The summed E-state index contributed by atoms with van der Waals surface area (Å²) >= 11 is 0. The summed E-state index contributed by atoms with van der Waals surface area (Å²) in [7, 11) is 2.18. The first-order valence-corrected chi connectivity index (χ1v) is 13.4. The van der Waals surface area contributed by atoms with Crippen LogP contribution in [-0.4, -0.2) is 76.9 Å². The molecule has 3 heterocycles. The first-order valence-electron chi connectivity index (χ1n) is 13.4. The second kappa shape index (κ2) is 11.5. The molecule has 1 saturated heterocycles. The molecule has 10 heteroatoms. The number of hydrogen-bond acceptors (Lipinski definition) is 7. The zero-order chi connectivity index (χ0) is 27.4. The Balaban J connectivity index is 1.14. The summed E-state index contributed by atoms with van der Waals surface area (Å²) < 4.78 is 13.3. The minimum absolute atomic E-state index is 0.185. The van der Waals surface area contributed by atoms with Gasteiger partial charge in [-0.2, -0.15) is 0 Å². The predicted molar refractivity (Wildman–Crippen MR) is 153 cm³/mol. The average Bonchev–Trinajstić information content (AvgIpc) is 3.55. The summed E-state index contributed by atoms with van der Waals surface area (Å²) in [4.78, 5) is 21.9. The van der Waals surface area contributed by atoms with Crippen LogP contribution >= 0.6 is 0 Å². The molecule has 206 valence electrons. The lowest BCUT2D eigenvalue weighted by molar-refractivity contribution is 0.145. The highest BCUT2D eigenvalue weighted by Gasteiger charge is 2.20. The van der Waals surface area contributed by atoms with Crippen molar-refractivity contribution in [2.45, 2.75) is 32.6 Å². The number of aromatic nitrogens is 3. The number of hydrogen-bond donors (Lipinski definition) is 2. The van der Waals surface area contributed by atoms with Crippen molar-refractivity contribution in [2.24, 2.45) is 0 Å². The lowest BCUT2D eigenvalue weighted by atomic mass is 9.93. The number of rotatable bonds is 8. The van der Waals surface area contributed by atoms with Crippen LogP contribution in [0.15, 0.2) is 59.4 Å². The second-order valence-corrected chi connectivity index (χ2v) is 11.1. The molecule has 2 aromatic carbocycles. The van der Waals surface area contributed by atoms with E-state index in [4.69, 9.17) is 9.26 Å². The zero-order valence-corrected chi connectivity index (χ0v) is 23.1. The number of fused-ring (bicyclic) bond motifs is 1. The van der Waals surface area contributed by atoms with Gasteiger partial charge in [-0.05, 0) is 49.9 Å². The number of nitrogens with one attached hydrogen (secondary N) is 2. The molecule has 1 aliphatic heterocycles. The van der Waals surface area contributed by atoms with E-state index in [9.17, 15) is 4.79 Å². The number of likely N-dealkylation sites (N-methyl/N-ethyl adjacent to an activating group) is 1. The number of ether oxygens (including phenoxy) is 1. The van der Waals surface area contributed by atoms with Gasteiger partial charge in [-0.25, -0.2) is 9.78 Å². The summed E-state index contributed by atoms with van der Waals surface area (Å²) in [6.45, 7) is 12.3. The summed E-state index contributed by atoms with van der Waals surface area (Å²) in [5, 5.41) is 9.45. The first kappa shape index (κ1) is 26.7. The fourth-order valence-corrected chi connectivity index (χ4v) is 4.51. The van der Waals surface area contributed by atoms with Crippen molar-refractivity contribution >= 4 is 28.6 Å². The highest BCUT2D eigenvalue weighted by molar-refractivity contribution is 5.99. The van der Waals surface area contributed by atoms with Gasteiger partial charge in [0.1, 0.15) is 17.8 Å². The van der Waals surface area contributed by atoms with Crippen molar-refractivity contribution in [2.75, 3.05) is 57.0 Å². The Morgan fingerprint density at radius 3 is 2.51 bits per heavy atom. The molecule has 1 fully saturated rings. The van der Waals surface area contributed by atoms with Crippen LogP contribution in [0.2, 0.25) is 0 Å². The maximum absolute atomic E-state index is 12.4. The van der Waals surface area contributed by atoms with Crippen LogP contribution in [-0.2, 0) is 5.41 Å².